The summed E-state index contributed by atoms with van der Waals surface area (Å²) < 4.78 is 4.43. The second kappa shape index (κ2) is 4.57. The Morgan fingerprint density at radius 2 is 2.12 bits per heavy atom. The Balaban J connectivity index is 2.20. The summed E-state index contributed by atoms with van der Waals surface area (Å²) in [5, 5.41) is 0. The van der Waals surface area contributed by atoms with Gasteiger partial charge in [-0.2, -0.15) is 0 Å². The molecule has 0 saturated carbocycles. The van der Waals surface area contributed by atoms with Crippen LogP contribution in [0.5, 0.6) is 0 Å². The molecule has 2 aromatic rings. The molecule has 5 heteroatoms. The fourth-order valence-corrected chi connectivity index (χ4v) is 1.97. The first kappa shape index (κ1) is 11.0. The standard InChI is InChI=1S/C11H12BrN3O/c1-2-14-8-9(12)7-10(14)11(16)13-15-5-3-4-6-15/h3-8H,2H2,1H3,(H,13,16). The van der Waals surface area contributed by atoms with E-state index in [4.69, 9.17) is 0 Å². The van der Waals surface area contributed by atoms with E-state index in [0.717, 1.165) is 11.0 Å². The van der Waals surface area contributed by atoms with Crippen molar-refractivity contribution in [2.24, 2.45) is 0 Å². The Hall–Kier alpha value is -1.49. The SMILES string of the molecule is CCn1cc(Br)cc1C(=O)Nn1cccc1. The number of hydrogen-bond donors (Lipinski definition) is 1. The minimum atomic E-state index is -0.122. The molecule has 0 fully saturated rings. The van der Waals surface area contributed by atoms with Gasteiger partial charge in [-0.1, -0.05) is 0 Å². The Bertz CT molecular complexity index is 487. The topological polar surface area (TPSA) is 39.0 Å². The van der Waals surface area contributed by atoms with Gasteiger partial charge < -0.3 is 4.57 Å². The lowest BCUT2D eigenvalue weighted by Gasteiger charge is -2.08. The molecule has 84 valence electrons. The number of carbonyl (C=O) groups is 1. The molecule has 2 rings (SSSR count). The molecule has 0 unspecified atom stereocenters. The molecular weight excluding hydrogens is 270 g/mol. The van der Waals surface area contributed by atoms with Crippen LogP contribution in [0.4, 0.5) is 0 Å². The molecule has 0 radical (unpaired) electrons. The molecule has 16 heavy (non-hydrogen) atoms. The van der Waals surface area contributed by atoms with Crippen LogP contribution in [0, 0.1) is 0 Å². The minimum Gasteiger partial charge on any atom is -0.343 e. The van der Waals surface area contributed by atoms with Gasteiger partial charge in [-0.3, -0.25) is 14.9 Å². The molecule has 2 aromatic heterocycles. The number of nitrogens with zero attached hydrogens (tertiary/aromatic N) is 2. The summed E-state index contributed by atoms with van der Waals surface area (Å²) in [6.45, 7) is 2.76. The highest BCUT2D eigenvalue weighted by atomic mass is 79.9. The van der Waals surface area contributed by atoms with Gasteiger partial charge in [0.2, 0.25) is 0 Å². The van der Waals surface area contributed by atoms with Gasteiger partial charge in [0.15, 0.2) is 0 Å². The van der Waals surface area contributed by atoms with Crippen LogP contribution >= 0.6 is 15.9 Å². The van der Waals surface area contributed by atoms with Gasteiger partial charge in [0.25, 0.3) is 5.91 Å². The summed E-state index contributed by atoms with van der Waals surface area (Å²) in [5.74, 6) is -0.122. The number of aromatic nitrogens is 2. The van der Waals surface area contributed by atoms with Crippen molar-refractivity contribution in [1.29, 1.82) is 0 Å². The maximum absolute atomic E-state index is 11.9. The van der Waals surface area contributed by atoms with Gasteiger partial charge in [-0.25, -0.2) is 0 Å². The van der Waals surface area contributed by atoms with Crippen LogP contribution in [0.3, 0.4) is 0 Å². The van der Waals surface area contributed by atoms with Gasteiger partial charge in [-0.15, -0.1) is 0 Å². The lowest BCUT2D eigenvalue weighted by atomic mass is 10.4. The highest BCUT2D eigenvalue weighted by Crippen LogP contribution is 2.15. The monoisotopic (exact) mass is 281 g/mol. The predicted octanol–water partition coefficient (Wildman–Crippen LogP) is 2.46. The van der Waals surface area contributed by atoms with Gasteiger partial charge >= 0.3 is 0 Å². The number of amides is 1. The van der Waals surface area contributed by atoms with E-state index in [9.17, 15) is 4.79 Å². The van der Waals surface area contributed by atoms with Crippen molar-refractivity contribution >= 4 is 21.8 Å². The van der Waals surface area contributed by atoms with Crippen LogP contribution in [0.1, 0.15) is 17.4 Å². The number of nitrogens with one attached hydrogen (secondary N) is 1. The molecule has 0 spiro atoms. The van der Waals surface area contributed by atoms with Crippen molar-refractivity contribution in [2.45, 2.75) is 13.5 Å². The van der Waals surface area contributed by atoms with Crippen molar-refractivity contribution in [3.8, 4) is 0 Å². The van der Waals surface area contributed by atoms with Crippen LogP contribution in [0.15, 0.2) is 41.3 Å². The van der Waals surface area contributed by atoms with E-state index in [-0.39, 0.29) is 5.91 Å². The first-order chi connectivity index (χ1) is 7.70. The highest BCUT2D eigenvalue weighted by Gasteiger charge is 2.11. The van der Waals surface area contributed by atoms with E-state index >= 15 is 0 Å². The van der Waals surface area contributed by atoms with Gasteiger partial charge in [0, 0.05) is 29.6 Å². The first-order valence-corrected chi connectivity index (χ1v) is 5.80. The number of aryl methyl sites for hydroxylation is 1. The van der Waals surface area contributed by atoms with Crippen molar-refractivity contribution < 1.29 is 4.79 Å². The summed E-state index contributed by atoms with van der Waals surface area (Å²) in [5.41, 5.74) is 3.40. The molecule has 2 heterocycles. The Morgan fingerprint density at radius 3 is 2.75 bits per heavy atom. The summed E-state index contributed by atoms with van der Waals surface area (Å²) in [6.07, 6.45) is 5.46. The molecule has 0 atom stereocenters. The van der Waals surface area contributed by atoms with E-state index in [0.29, 0.717) is 5.69 Å². The average molecular weight is 282 g/mol. The molecule has 0 aromatic carbocycles. The predicted molar refractivity (Wildman–Crippen MR) is 65.9 cm³/mol. The quantitative estimate of drug-likeness (QED) is 0.922. The summed E-state index contributed by atoms with van der Waals surface area (Å²) in [6, 6.07) is 5.52. The minimum absolute atomic E-state index is 0.122. The fourth-order valence-electron chi connectivity index (χ4n) is 1.51. The van der Waals surface area contributed by atoms with Crippen molar-refractivity contribution in [3.63, 3.8) is 0 Å². The molecule has 0 saturated heterocycles. The average Bonchev–Trinajstić information content (AvgIpc) is 2.86. The normalized spacial score (nSPS) is 10.4. The number of rotatable bonds is 3. The van der Waals surface area contributed by atoms with E-state index in [1.54, 1.807) is 17.1 Å². The number of halogens is 1. The Labute approximate surface area is 102 Å². The Morgan fingerprint density at radius 1 is 1.44 bits per heavy atom. The zero-order chi connectivity index (χ0) is 11.5. The lowest BCUT2D eigenvalue weighted by molar-refractivity contribution is 0.0999. The molecule has 1 amide bonds. The zero-order valence-electron chi connectivity index (χ0n) is 8.85. The smallest absolute Gasteiger partial charge is 0.286 e. The summed E-state index contributed by atoms with van der Waals surface area (Å²) in [7, 11) is 0. The third-order valence-corrected chi connectivity index (χ3v) is 2.71. The van der Waals surface area contributed by atoms with Crippen LogP contribution in [0.2, 0.25) is 0 Å². The van der Waals surface area contributed by atoms with E-state index in [2.05, 4.69) is 21.4 Å². The zero-order valence-corrected chi connectivity index (χ0v) is 10.4. The second-order valence-corrected chi connectivity index (χ2v) is 4.28. The summed E-state index contributed by atoms with van der Waals surface area (Å²) in [4.78, 5) is 11.9. The van der Waals surface area contributed by atoms with Crippen molar-refractivity contribution in [2.75, 3.05) is 5.43 Å². The third-order valence-electron chi connectivity index (χ3n) is 2.27. The summed E-state index contributed by atoms with van der Waals surface area (Å²) >= 11 is 3.36. The lowest BCUT2D eigenvalue weighted by Crippen LogP contribution is -2.23. The maximum Gasteiger partial charge on any atom is 0.286 e. The first-order valence-electron chi connectivity index (χ1n) is 5.00. The maximum atomic E-state index is 11.9. The molecule has 0 aliphatic heterocycles. The van der Waals surface area contributed by atoms with Crippen molar-refractivity contribution in [3.05, 3.63) is 47.0 Å². The second-order valence-electron chi connectivity index (χ2n) is 3.36. The number of hydrogen-bond acceptors (Lipinski definition) is 1. The molecular formula is C11H12BrN3O. The highest BCUT2D eigenvalue weighted by molar-refractivity contribution is 9.10. The van der Waals surface area contributed by atoms with Crippen LogP contribution in [0.25, 0.3) is 0 Å². The van der Waals surface area contributed by atoms with Gasteiger partial charge in [0.1, 0.15) is 5.69 Å². The van der Waals surface area contributed by atoms with E-state index < -0.39 is 0 Å². The number of carbonyl (C=O) groups excluding carboxylic acids is 1. The molecule has 0 aliphatic rings. The fraction of sp³-hybridized carbons (Fsp3) is 0.182. The molecule has 1 N–H and O–H groups in total. The third kappa shape index (κ3) is 2.19. The van der Waals surface area contributed by atoms with Crippen LogP contribution in [-0.4, -0.2) is 15.2 Å². The van der Waals surface area contributed by atoms with Crippen LogP contribution in [-0.2, 0) is 6.54 Å². The molecule has 0 aliphatic carbocycles. The molecule has 4 nitrogen and oxygen atoms in total. The Kier molecular flexibility index (Phi) is 3.14. The van der Waals surface area contributed by atoms with Crippen LogP contribution < -0.4 is 5.43 Å². The van der Waals surface area contributed by atoms with Gasteiger partial charge in [-0.05, 0) is 41.1 Å². The largest absolute Gasteiger partial charge is 0.343 e. The van der Waals surface area contributed by atoms with E-state index in [1.807, 2.05) is 35.9 Å². The van der Waals surface area contributed by atoms with E-state index in [1.165, 1.54) is 0 Å². The molecule has 0 bridgehead atoms. The van der Waals surface area contributed by atoms with Gasteiger partial charge in [0.05, 0.1) is 0 Å². The van der Waals surface area contributed by atoms with Crippen molar-refractivity contribution in [1.82, 2.24) is 9.24 Å².